The summed E-state index contributed by atoms with van der Waals surface area (Å²) in [5.41, 5.74) is 1.27. The molecule has 21 heavy (non-hydrogen) atoms. The van der Waals surface area contributed by atoms with Crippen LogP contribution in [-0.4, -0.2) is 33.1 Å². The quantitative estimate of drug-likeness (QED) is 0.806. The molecule has 0 aliphatic heterocycles. The van der Waals surface area contributed by atoms with E-state index < -0.39 is 5.54 Å². The van der Waals surface area contributed by atoms with Gasteiger partial charge in [-0.1, -0.05) is 18.2 Å². The average molecular weight is 288 g/mol. The Balaban J connectivity index is 2.19. The number of benzene rings is 1. The Morgan fingerprint density at radius 3 is 2.71 bits per heavy atom. The fourth-order valence-corrected chi connectivity index (χ4v) is 1.89. The van der Waals surface area contributed by atoms with E-state index in [1.54, 1.807) is 30.8 Å². The first-order chi connectivity index (χ1) is 9.93. The van der Waals surface area contributed by atoms with Gasteiger partial charge in [-0.2, -0.15) is 5.10 Å². The van der Waals surface area contributed by atoms with Crippen molar-refractivity contribution in [1.82, 2.24) is 15.1 Å². The topological polar surface area (TPSA) is 79.2 Å². The molecule has 0 bridgehead atoms. The summed E-state index contributed by atoms with van der Waals surface area (Å²) in [6, 6.07) is 9.12. The number of aliphatic hydroxyl groups excluding tert-OH is 1. The number of anilines is 1. The van der Waals surface area contributed by atoms with Gasteiger partial charge in [0.05, 0.1) is 24.0 Å². The van der Waals surface area contributed by atoms with E-state index in [9.17, 15) is 9.90 Å². The number of urea groups is 1. The molecule has 1 heterocycles. The molecule has 6 heteroatoms. The van der Waals surface area contributed by atoms with Crippen molar-refractivity contribution >= 4 is 11.8 Å². The number of para-hydroxylation sites is 1. The third kappa shape index (κ3) is 3.61. The number of hydrogen-bond donors (Lipinski definition) is 3. The Morgan fingerprint density at radius 2 is 2.05 bits per heavy atom. The van der Waals surface area contributed by atoms with Crippen LogP contribution in [0.5, 0.6) is 0 Å². The highest BCUT2D eigenvalue weighted by molar-refractivity contribution is 5.89. The molecule has 0 aliphatic carbocycles. The maximum absolute atomic E-state index is 12.0. The zero-order chi connectivity index (χ0) is 15.5. The Bertz CT molecular complexity index is 634. The van der Waals surface area contributed by atoms with Gasteiger partial charge >= 0.3 is 6.03 Å². The Morgan fingerprint density at radius 1 is 1.33 bits per heavy atom. The fourth-order valence-electron chi connectivity index (χ4n) is 1.89. The summed E-state index contributed by atoms with van der Waals surface area (Å²) in [4.78, 5) is 12.0. The van der Waals surface area contributed by atoms with Crippen LogP contribution < -0.4 is 10.6 Å². The van der Waals surface area contributed by atoms with Crippen LogP contribution in [0.4, 0.5) is 10.6 Å². The molecule has 3 N–H and O–H groups in total. The van der Waals surface area contributed by atoms with E-state index >= 15 is 0 Å². The first-order valence-electron chi connectivity index (χ1n) is 6.73. The molecule has 2 amide bonds. The van der Waals surface area contributed by atoms with Gasteiger partial charge in [0.2, 0.25) is 0 Å². The normalized spacial score (nSPS) is 11.2. The van der Waals surface area contributed by atoms with Gasteiger partial charge in [-0.25, -0.2) is 9.48 Å². The van der Waals surface area contributed by atoms with Crippen molar-refractivity contribution in [2.45, 2.75) is 26.3 Å². The number of aromatic nitrogens is 2. The number of carbonyl (C=O) groups is 1. The van der Waals surface area contributed by atoms with Crippen molar-refractivity contribution in [2.75, 3.05) is 11.9 Å². The van der Waals surface area contributed by atoms with Crippen molar-refractivity contribution in [3.8, 4) is 5.69 Å². The van der Waals surface area contributed by atoms with Crippen LogP contribution >= 0.6 is 0 Å². The number of aryl methyl sites for hydroxylation is 1. The minimum atomic E-state index is -0.683. The summed E-state index contributed by atoms with van der Waals surface area (Å²) >= 11 is 0. The van der Waals surface area contributed by atoms with Gasteiger partial charge in [-0.3, -0.25) is 5.32 Å². The van der Waals surface area contributed by atoms with Crippen molar-refractivity contribution in [3.05, 3.63) is 42.1 Å². The molecule has 2 aromatic rings. The first kappa shape index (κ1) is 15.1. The largest absolute Gasteiger partial charge is 0.394 e. The second-order valence-electron chi connectivity index (χ2n) is 5.54. The van der Waals surface area contributed by atoms with E-state index in [0.29, 0.717) is 5.82 Å². The second-order valence-corrected chi connectivity index (χ2v) is 5.54. The summed E-state index contributed by atoms with van der Waals surface area (Å²) in [5.74, 6) is 0.565. The summed E-state index contributed by atoms with van der Waals surface area (Å²) in [6.07, 6.45) is 1.62. The smallest absolute Gasteiger partial charge is 0.320 e. The lowest BCUT2D eigenvalue weighted by atomic mass is 10.1. The van der Waals surface area contributed by atoms with Crippen molar-refractivity contribution in [2.24, 2.45) is 0 Å². The Kier molecular flexibility index (Phi) is 4.28. The number of carbonyl (C=O) groups excluding carboxylic acids is 1. The van der Waals surface area contributed by atoms with Crippen molar-refractivity contribution < 1.29 is 9.90 Å². The SMILES string of the molecule is Cc1ccccc1-n1nccc1NC(=O)NC(C)(C)CO. The molecular formula is C15H20N4O2. The molecule has 0 aliphatic rings. The predicted octanol–water partition coefficient (Wildman–Crippen LogP) is 2.07. The summed E-state index contributed by atoms with van der Waals surface area (Å²) in [7, 11) is 0. The fraction of sp³-hybridized carbons (Fsp3) is 0.333. The molecule has 0 fully saturated rings. The highest BCUT2D eigenvalue weighted by Gasteiger charge is 2.20. The van der Waals surface area contributed by atoms with Crippen LogP contribution in [-0.2, 0) is 0 Å². The summed E-state index contributed by atoms with van der Waals surface area (Å²) in [5, 5.41) is 18.9. The molecule has 1 aromatic carbocycles. The predicted molar refractivity (Wildman–Crippen MR) is 81.6 cm³/mol. The van der Waals surface area contributed by atoms with Crippen LogP contribution in [0, 0.1) is 6.92 Å². The van der Waals surface area contributed by atoms with E-state index in [4.69, 9.17) is 0 Å². The molecule has 112 valence electrons. The standard InChI is InChI=1S/C15H20N4O2/c1-11-6-4-5-7-12(11)19-13(8-9-16-19)17-14(21)18-15(2,3)10-20/h4-9,20H,10H2,1-3H3,(H2,17,18,21). The first-order valence-corrected chi connectivity index (χ1v) is 6.73. The number of amides is 2. The van der Waals surface area contributed by atoms with E-state index in [-0.39, 0.29) is 12.6 Å². The molecule has 0 unspecified atom stereocenters. The number of rotatable bonds is 4. The van der Waals surface area contributed by atoms with Crippen molar-refractivity contribution in [3.63, 3.8) is 0 Å². The highest BCUT2D eigenvalue weighted by atomic mass is 16.3. The number of nitrogens with zero attached hydrogens (tertiary/aromatic N) is 2. The van der Waals surface area contributed by atoms with Crippen LogP contribution in [0.25, 0.3) is 5.69 Å². The zero-order valence-electron chi connectivity index (χ0n) is 12.4. The minimum Gasteiger partial charge on any atom is -0.394 e. The lowest BCUT2D eigenvalue weighted by molar-refractivity contribution is 0.187. The third-order valence-electron chi connectivity index (χ3n) is 3.08. The van der Waals surface area contributed by atoms with Crippen LogP contribution in [0.1, 0.15) is 19.4 Å². The number of hydrogen-bond acceptors (Lipinski definition) is 3. The molecule has 2 rings (SSSR count). The van der Waals surface area contributed by atoms with Crippen LogP contribution in [0.2, 0.25) is 0 Å². The van der Waals surface area contributed by atoms with Gasteiger partial charge in [0.15, 0.2) is 0 Å². The molecule has 0 spiro atoms. The molecular weight excluding hydrogens is 268 g/mol. The lowest BCUT2D eigenvalue weighted by Gasteiger charge is -2.23. The Hall–Kier alpha value is -2.34. The lowest BCUT2D eigenvalue weighted by Crippen LogP contribution is -2.48. The average Bonchev–Trinajstić information content (AvgIpc) is 2.86. The minimum absolute atomic E-state index is 0.141. The molecule has 1 aromatic heterocycles. The number of nitrogens with one attached hydrogen (secondary N) is 2. The maximum atomic E-state index is 12.0. The van der Waals surface area contributed by atoms with Gasteiger partial charge in [-0.15, -0.1) is 0 Å². The molecule has 0 radical (unpaired) electrons. The van der Waals surface area contributed by atoms with E-state index in [0.717, 1.165) is 11.3 Å². The third-order valence-corrected chi connectivity index (χ3v) is 3.08. The van der Waals surface area contributed by atoms with Gasteiger partial charge in [-0.05, 0) is 32.4 Å². The van der Waals surface area contributed by atoms with E-state index in [1.165, 1.54) is 0 Å². The maximum Gasteiger partial charge on any atom is 0.320 e. The van der Waals surface area contributed by atoms with Gasteiger partial charge in [0.25, 0.3) is 0 Å². The van der Waals surface area contributed by atoms with Crippen molar-refractivity contribution in [1.29, 1.82) is 0 Å². The van der Waals surface area contributed by atoms with Gasteiger partial charge in [0.1, 0.15) is 5.82 Å². The summed E-state index contributed by atoms with van der Waals surface area (Å²) < 4.78 is 1.67. The molecule has 0 saturated carbocycles. The molecule has 0 atom stereocenters. The van der Waals surface area contributed by atoms with Gasteiger partial charge in [0, 0.05) is 6.07 Å². The molecule has 6 nitrogen and oxygen atoms in total. The summed E-state index contributed by atoms with van der Waals surface area (Å²) in [6.45, 7) is 5.32. The van der Waals surface area contributed by atoms with Crippen LogP contribution in [0.15, 0.2) is 36.5 Å². The zero-order valence-corrected chi connectivity index (χ0v) is 12.4. The molecule has 0 saturated heterocycles. The van der Waals surface area contributed by atoms with E-state index in [1.807, 2.05) is 31.2 Å². The van der Waals surface area contributed by atoms with Crippen LogP contribution in [0.3, 0.4) is 0 Å². The van der Waals surface area contributed by atoms with Gasteiger partial charge < -0.3 is 10.4 Å². The van der Waals surface area contributed by atoms with E-state index in [2.05, 4.69) is 15.7 Å². The Labute approximate surface area is 123 Å². The second kappa shape index (κ2) is 5.97. The highest BCUT2D eigenvalue weighted by Crippen LogP contribution is 2.18. The number of aliphatic hydroxyl groups is 1. The monoisotopic (exact) mass is 288 g/mol.